The summed E-state index contributed by atoms with van der Waals surface area (Å²) in [4.78, 5) is 0. The van der Waals surface area contributed by atoms with Gasteiger partial charge in [-0.1, -0.05) is 38.1 Å². The van der Waals surface area contributed by atoms with Gasteiger partial charge in [-0.2, -0.15) is 0 Å². The first-order valence-corrected chi connectivity index (χ1v) is 7.20. The molecule has 0 aliphatic rings. The van der Waals surface area contributed by atoms with E-state index in [1.807, 2.05) is 36.4 Å². The zero-order valence-electron chi connectivity index (χ0n) is 12.8. The molecule has 0 spiro atoms. The van der Waals surface area contributed by atoms with E-state index in [1.54, 1.807) is 12.1 Å². The number of aromatic hydroxyl groups is 1. The molecule has 2 aromatic carbocycles. The minimum atomic E-state index is -1.09. The van der Waals surface area contributed by atoms with Crippen molar-refractivity contribution < 1.29 is 19.3 Å². The van der Waals surface area contributed by atoms with Gasteiger partial charge in [0.2, 0.25) is 0 Å². The van der Waals surface area contributed by atoms with Crippen LogP contribution in [0.5, 0.6) is 11.5 Å². The third kappa shape index (κ3) is 3.77. The van der Waals surface area contributed by atoms with Crippen molar-refractivity contribution in [1.82, 2.24) is 0 Å². The predicted molar refractivity (Wildman–Crippen MR) is 84.2 cm³/mol. The van der Waals surface area contributed by atoms with Gasteiger partial charge in [0, 0.05) is 5.41 Å². The lowest BCUT2D eigenvalue weighted by molar-refractivity contribution is 0.0842. The molecule has 2 rings (SSSR count). The van der Waals surface area contributed by atoms with Crippen LogP contribution in [0.15, 0.2) is 48.5 Å². The molecule has 22 heavy (non-hydrogen) atoms. The van der Waals surface area contributed by atoms with Crippen molar-refractivity contribution in [3.8, 4) is 11.5 Å². The van der Waals surface area contributed by atoms with Gasteiger partial charge in [0.1, 0.15) is 30.9 Å². The Bertz CT molecular complexity index is 591. The SMILES string of the molecule is CC(C)(c1ccc(O)cc1)c1ccc(OC[C@H](O)CF)cc1. The van der Waals surface area contributed by atoms with Crippen LogP contribution >= 0.6 is 0 Å². The number of benzene rings is 2. The Morgan fingerprint density at radius 3 is 2.00 bits per heavy atom. The molecule has 4 heteroatoms. The normalized spacial score (nSPS) is 12.9. The first kappa shape index (κ1) is 16.3. The molecule has 0 fully saturated rings. The van der Waals surface area contributed by atoms with Gasteiger partial charge in [-0.25, -0.2) is 4.39 Å². The van der Waals surface area contributed by atoms with E-state index < -0.39 is 12.8 Å². The second-order valence-corrected chi connectivity index (χ2v) is 5.82. The minimum absolute atomic E-state index is 0.0583. The summed E-state index contributed by atoms with van der Waals surface area (Å²) in [6.07, 6.45) is -1.09. The van der Waals surface area contributed by atoms with E-state index in [9.17, 15) is 9.50 Å². The maximum Gasteiger partial charge on any atom is 0.119 e. The quantitative estimate of drug-likeness (QED) is 0.859. The topological polar surface area (TPSA) is 49.7 Å². The maximum atomic E-state index is 12.2. The fraction of sp³-hybridized carbons (Fsp3) is 0.333. The molecule has 0 heterocycles. The molecule has 0 saturated carbocycles. The van der Waals surface area contributed by atoms with E-state index >= 15 is 0 Å². The number of hydrogen-bond acceptors (Lipinski definition) is 3. The Balaban J connectivity index is 2.13. The van der Waals surface area contributed by atoms with E-state index in [0.29, 0.717) is 5.75 Å². The fourth-order valence-corrected chi connectivity index (χ4v) is 2.25. The molecule has 0 aliphatic carbocycles. The molecule has 0 aromatic heterocycles. The number of ether oxygens (including phenoxy) is 1. The smallest absolute Gasteiger partial charge is 0.119 e. The number of alkyl halides is 1. The number of hydrogen-bond donors (Lipinski definition) is 2. The zero-order chi connectivity index (χ0) is 16.2. The largest absolute Gasteiger partial charge is 0.508 e. The van der Waals surface area contributed by atoms with Crippen molar-refractivity contribution >= 4 is 0 Å². The van der Waals surface area contributed by atoms with Gasteiger partial charge in [0.15, 0.2) is 0 Å². The van der Waals surface area contributed by atoms with E-state index in [-0.39, 0.29) is 17.8 Å². The van der Waals surface area contributed by atoms with Gasteiger partial charge in [0.05, 0.1) is 0 Å². The molecule has 1 atom stereocenters. The Kier molecular flexibility index (Phi) is 5.03. The highest BCUT2D eigenvalue weighted by Crippen LogP contribution is 2.33. The summed E-state index contributed by atoms with van der Waals surface area (Å²) in [5.74, 6) is 0.840. The highest BCUT2D eigenvalue weighted by molar-refractivity contribution is 5.41. The predicted octanol–water partition coefficient (Wildman–Crippen LogP) is 3.43. The summed E-state index contributed by atoms with van der Waals surface area (Å²) in [6.45, 7) is 3.33. The van der Waals surface area contributed by atoms with E-state index in [1.165, 1.54) is 0 Å². The fourth-order valence-electron chi connectivity index (χ4n) is 2.25. The van der Waals surface area contributed by atoms with Gasteiger partial charge in [-0.05, 0) is 35.4 Å². The van der Waals surface area contributed by atoms with E-state index in [2.05, 4.69) is 13.8 Å². The summed E-state index contributed by atoms with van der Waals surface area (Å²) in [7, 11) is 0. The molecule has 0 amide bonds. The van der Waals surface area contributed by atoms with Gasteiger partial charge in [0.25, 0.3) is 0 Å². The maximum absolute atomic E-state index is 12.2. The van der Waals surface area contributed by atoms with Crippen LogP contribution in [0, 0.1) is 0 Å². The highest BCUT2D eigenvalue weighted by atomic mass is 19.1. The van der Waals surface area contributed by atoms with Crippen LogP contribution in [0.3, 0.4) is 0 Å². The number of phenols is 1. The molecule has 0 aliphatic heterocycles. The molecule has 0 saturated heterocycles. The summed E-state index contributed by atoms with van der Waals surface area (Å²) in [5, 5.41) is 18.5. The van der Waals surface area contributed by atoms with Crippen LogP contribution in [0.2, 0.25) is 0 Å². The molecule has 0 radical (unpaired) electrons. The van der Waals surface area contributed by atoms with Gasteiger partial charge < -0.3 is 14.9 Å². The van der Waals surface area contributed by atoms with Crippen LogP contribution in [-0.2, 0) is 5.41 Å². The molecule has 2 N–H and O–H groups in total. The third-order valence-corrected chi connectivity index (χ3v) is 3.79. The molecule has 0 bridgehead atoms. The zero-order valence-corrected chi connectivity index (χ0v) is 12.8. The number of halogens is 1. The Morgan fingerprint density at radius 2 is 1.50 bits per heavy atom. The van der Waals surface area contributed by atoms with Crippen LogP contribution in [0.25, 0.3) is 0 Å². The van der Waals surface area contributed by atoms with Crippen molar-refractivity contribution in [3.63, 3.8) is 0 Å². The summed E-state index contributed by atoms with van der Waals surface area (Å²) in [5.41, 5.74) is 1.97. The second-order valence-electron chi connectivity index (χ2n) is 5.82. The van der Waals surface area contributed by atoms with Crippen LogP contribution in [0.1, 0.15) is 25.0 Å². The number of phenolic OH excluding ortho intramolecular Hbond substituents is 1. The lowest BCUT2D eigenvalue weighted by Gasteiger charge is -2.26. The Morgan fingerprint density at radius 1 is 1.00 bits per heavy atom. The van der Waals surface area contributed by atoms with E-state index in [0.717, 1.165) is 11.1 Å². The lowest BCUT2D eigenvalue weighted by Crippen LogP contribution is -2.20. The average molecular weight is 304 g/mol. The van der Waals surface area contributed by atoms with Gasteiger partial charge in [-0.15, -0.1) is 0 Å². The monoisotopic (exact) mass is 304 g/mol. The van der Waals surface area contributed by atoms with Crippen molar-refractivity contribution in [2.75, 3.05) is 13.3 Å². The first-order valence-electron chi connectivity index (χ1n) is 7.20. The Hall–Kier alpha value is -2.07. The molecular formula is C18H21FO3. The molecule has 2 aromatic rings. The number of rotatable bonds is 6. The van der Waals surface area contributed by atoms with Crippen LogP contribution in [-0.4, -0.2) is 29.6 Å². The standard InChI is InChI=1S/C18H21FO3/c1-18(2,13-3-7-15(20)8-4-13)14-5-9-17(10-6-14)22-12-16(21)11-19/h3-10,16,20-21H,11-12H2,1-2H3/t16-/m1/s1. The minimum Gasteiger partial charge on any atom is -0.508 e. The third-order valence-electron chi connectivity index (χ3n) is 3.79. The van der Waals surface area contributed by atoms with Gasteiger partial charge >= 0.3 is 0 Å². The molecule has 0 unspecified atom stereocenters. The summed E-state index contributed by atoms with van der Waals surface area (Å²) >= 11 is 0. The summed E-state index contributed by atoms with van der Waals surface area (Å²) in [6, 6.07) is 14.7. The molecular weight excluding hydrogens is 283 g/mol. The molecule has 118 valence electrons. The van der Waals surface area contributed by atoms with Crippen molar-refractivity contribution in [2.45, 2.75) is 25.4 Å². The van der Waals surface area contributed by atoms with Crippen LogP contribution in [0.4, 0.5) is 4.39 Å². The first-order chi connectivity index (χ1) is 10.4. The van der Waals surface area contributed by atoms with E-state index in [4.69, 9.17) is 9.84 Å². The average Bonchev–Trinajstić information content (AvgIpc) is 2.53. The van der Waals surface area contributed by atoms with Gasteiger partial charge in [-0.3, -0.25) is 0 Å². The van der Waals surface area contributed by atoms with Crippen molar-refractivity contribution in [2.24, 2.45) is 0 Å². The summed E-state index contributed by atoms with van der Waals surface area (Å²) < 4.78 is 17.5. The molecule has 3 nitrogen and oxygen atoms in total. The number of aliphatic hydroxyl groups is 1. The number of aliphatic hydroxyl groups excluding tert-OH is 1. The van der Waals surface area contributed by atoms with Crippen LogP contribution < -0.4 is 4.74 Å². The highest BCUT2D eigenvalue weighted by Gasteiger charge is 2.23. The van der Waals surface area contributed by atoms with Crippen molar-refractivity contribution in [3.05, 3.63) is 59.7 Å². The lowest BCUT2D eigenvalue weighted by atomic mass is 9.78. The Labute approximate surface area is 130 Å². The van der Waals surface area contributed by atoms with Crippen molar-refractivity contribution in [1.29, 1.82) is 0 Å². The second kappa shape index (κ2) is 6.79.